The minimum Gasteiger partial charge on any atom is -0.389 e. The second-order valence-electron chi connectivity index (χ2n) is 5.50. The number of hydrogen-bond acceptors (Lipinski definition) is 3. The van der Waals surface area contributed by atoms with Crippen molar-refractivity contribution in [2.24, 2.45) is 5.73 Å². The third-order valence-corrected chi connectivity index (χ3v) is 5.01. The maximum absolute atomic E-state index is 14.7. The van der Waals surface area contributed by atoms with Crippen molar-refractivity contribution in [3.63, 3.8) is 0 Å². The second kappa shape index (κ2) is 7.03. The van der Waals surface area contributed by atoms with Gasteiger partial charge >= 0.3 is 0 Å². The first-order chi connectivity index (χ1) is 9.95. The van der Waals surface area contributed by atoms with Crippen molar-refractivity contribution in [1.82, 2.24) is 4.90 Å². The summed E-state index contributed by atoms with van der Waals surface area (Å²) in [6.07, 6.45) is 2.01. The number of anilines is 1. The molecule has 1 heterocycles. The zero-order chi connectivity index (χ0) is 15.6. The van der Waals surface area contributed by atoms with Crippen LogP contribution in [-0.2, 0) is 0 Å². The molecule has 1 fully saturated rings. The van der Waals surface area contributed by atoms with Crippen LogP contribution in [0.5, 0.6) is 0 Å². The highest BCUT2D eigenvalue weighted by atomic mass is 79.9. The molecule has 1 aliphatic heterocycles. The van der Waals surface area contributed by atoms with E-state index in [2.05, 4.69) is 39.7 Å². The molecule has 116 valence electrons. The molecule has 0 aromatic heterocycles. The maximum atomic E-state index is 14.7. The normalized spacial score (nSPS) is 20.4. The summed E-state index contributed by atoms with van der Waals surface area (Å²) < 4.78 is 15.1. The van der Waals surface area contributed by atoms with E-state index in [1.54, 1.807) is 12.1 Å². The van der Waals surface area contributed by atoms with E-state index in [4.69, 9.17) is 18.0 Å². The van der Waals surface area contributed by atoms with E-state index < -0.39 is 0 Å². The van der Waals surface area contributed by atoms with Gasteiger partial charge in [0.25, 0.3) is 0 Å². The van der Waals surface area contributed by atoms with E-state index in [-0.39, 0.29) is 10.8 Å². The van der Waals surface area contributed by atoms with Crippen LogP contribution in [0.2, 0.25) is 0 Å². The van der Waals surface area contributed by atoms with Crippen molar-refractivity contribution in [2.45, 2.75) is 25.8 Å². The van der Waals surface area contributed by atoms with Crippen molar-refractivity contribution in [3.05, 3.63) is 28.0 Å². The number of nitrogens with zero attached hydrogens (tertiary/aromatic N) is 2. The molecule has 0 aliphatic carbocycles. The Bertz CT molecular complexity index is 538. The molecule has 2 N–H and O–H groups in total. The average Bonchev–Trinajstić information content (AvgIpc) is 2.62. The number of likely N-dealkylation sites (N-methyl/N-ethyl adjacent to an activating group) is 1. The molecule has 1 atom stereocenters. The largest absolute Gasteiger partial charge is 0.389 e. The fraction of sp³-hybridized carbons (Fsp3) is 0.533. The minimum absolute atomic E-state index is 0.204. The predicted octanol–water partition coefficient (Wildman–Crippen LogP) is 3.14. The van der Waals surface area contributed by atoms with Gasteiger partial charge < -0.3 is 15.5 Å². The summed E-state index contributed by atoms with van der Waals surface area (Å²) in [6.45, 7) is 5.00. The minimum atomic E-state index is -0.275. The van der Waals surface area contributed by atoms with Crippen LogP contribution >= 0.6 is 28.1 Å². The van der Waals surface area contributed by atoms with Crippen LogP contribution < -0.4 is 10.6 Å². The molecule has 1 saturated heterocycles. The lowest BCUT2D eigenvalue weighted by atomic mass is 10.1. The molecule has 0 radical (unpaired) electrons. The van der Waals surface area contributed by atoms with Gasteiger partial charge in [0, 0.05) is 24.7 Å². The molecule has 3 nitrogen and oxygen atoms in total. The Morgan fingerprint density at radius 3 is 2.81 bits per heavy atom. The molecule has 1 aromatic rings. The van der Waals surface area contributed by atoms with E-state index in [0.717, 1.165) is 32.5 Å². The van der Waals surface area contributed by atoms with Gasteiger partial charge in [-0.15, -0.1) is 0 Å². The number of nitrogens with two attached hydrogens (primary N) is 1. The summed E-state index contributed by atoms with van der Waals surface area (Å²) in [5.74, 6) is -0.275. The van der Waals surface area contributed by atoms with E-state index >= 15 is 0 Å². The second-order valence-corrected chi connectivity index (χ2v) is 6.73. The van der Waals surface area contributed by atoms with E-state index in [0.29, 0.717) is 21.8 Å². The molecule has 0 amide bonds. The molecule has 2 rings (SSSR count). The van der Waals surface area contributed by atoms with E-state index in [9.17, 15) is 4.39 Å². The van der Waals surface area contributed by atoms with Crippen LogP contribution in [-0.4, -0.2) is 42.6 Å². The van der Waals surface area contributed by atoms with Crippen molar-refractivity contribution in [3.8, 4) is 0 Å². The highest BCUT2D eigenvalue weighted by Crippen LogP contribution is 2.32. The topological polar surface area (TPSA) is 32.5 Å². The zero-order valence-electron chi connectivity index (χ0n) is 12.4. The Morgan fingerprint density at radius 2 is 2.19 bits per heavy atom. The van der Waals surface area contributed by atoms with Gasteiger partial charge in [0.05, 0.1) is 10.2 Å². The first-order valence-electron chi connectivity index (χ1n) is 7.18. The number of benzene rings is 1. The van der Waals surface area contributed by atoms with Gasteiger partial charge in [-0.1, -0.05) is 19.1 Å². The molecule has 6 heteroatoms. The Labute approximate surface area is 139 Å². The first-order valence-corrected chi connectivity index (χ1v) is 8.38. The molecule has 0 spiro atoms. The summed E-state index contributed by atoms with van der Waals surface area (Å²) >= 11 is 8.24. The summed E-state index contributed by atoms with van der Waals surface area (Å²) in [5, 5.41) is 0. The number of halogens is 2. The fourth-order valence-electron chi connectivity index (χ4n) is 2.86. The van der Waals surface area contributed by atoms with Gasteiger partial charge in [-0.25, -0.2) is 4.39 Å². The van der Waals surface area contributed by atoms with E-state index in [1.165, 1.54) is 0 Å². The fourth-order valence-corrected chi connectivity index (χ4v) is 3.71. The lowest BCUT2D eigenvalue weighted by molar-refractivity contribution is 0.327. The van der Waals surface area contributed by atoms with Crippen LogP contribution in [0.25, 0.3) is 0 Å². The average molecular weight is 374 g/mol. The predicted molar refractivity (Wildman–Crippen MR) is 93.5 cm³/mol. The van der Waals surface area contributed by atoms with Crippen LogP contribution in [0.3, 0.4) is 0 Å². The number of rotatable bonds is 3. The monoisotopic (exact) mass is 373 g/mol. The summed E-state index contributed by atoms with van der Waals surface area (Å²) in [7, 11) is 2.12. The highest BCUT2D eigenvalue weighted by Gasteiger charge is 2.25. The highest BCUT2D eigenvalue weighted by molar-refractivity contribution is 9.10. The van der Waals surface area contributed by atoms with Crippen LogP contribution in [0.1, 0.15) is 25.3 Å². The maximum Gasteiger partial charge on any atom is 0.161 e. The van der Waals surface area contributed by atoms with Gasteiger partial charge in [0.15, 0.2) is 5.82 Å². The molecule has 1 aromatic carbocycles. The standard InChI is InChI=1S/C15H21BrFN3S/c1-3-10-9-19(2)7-4-8-20(10)12-6-5-11(15(18)21)13(16)14(12)17/h5-6,10H,3-4,7-9H2,1-2H3,(H2,18,21). The Hall–Kier alpha value is -0.720. The van der Waals surface area contributed by atoms with Gasteiger partial charge in [0.2, 0.25) is 0 Å². The Morgan fingerprint density at radius 1 is 1.48 bits per heavy atom. The molecular weight excluding hydrogens is 353 g/mol. The van der Waals surface area contributed by atoms with Crippen molar-refractivity contribution in [1.29, 1.82) is 0 Å². The molecule has 0 bridgehead atoms. The third kappa shape index (κ3) is 3.55. The van der Waals surface area contributed by atoms with Crippen molar-refractivity contribution < 1.29 is 4.39 Å². The Kier molecular flexibility index (Phi) is 5.57. The number of thiocarbonyl (C=S) groups is 1. The van der Waals surface area contributed by atoms with Crippen LogP contribution in [0, 0.1) is 5.82 Å². The third-order valence-electron chi connectivity index (χ3n) is 4.01. The molecule has 1 aliphatic rings. The number of hydrogen-bond donors (Lipinski definition) is 1. The van der Waals surface area contributed by atoms with E-state index in [1.807, 2.05) is 0 Å². The SMILES string of the molecule is CCC1CN(C)CCCN1c1ccc(C(N)=S)c(Br)c1F. The molecular formula is C15H21BrFN3S. The lowest BCUT2D eigenvalue weighted by Crippen LogP contribution is -2.40. The first kappa shape index (κ1) is 16.6. The van der Waals surface area contributed by atoms with Crippen molar-refractivity contribution in [2.75, 3.05) is 31.6 Å². The summed E-state index contributed by atoms with van der Waals surface area (Å²) in [5.41, 5.74) is 6.80. The van der Waals surface area contributed by atoms with Gasteiger partial charge in [-0.2, -0.15) is 0 Å². The summed E-state index contributed by atoms with van der Waals surface area (Å²) in [4.78, 5) is 4.69. The smallest absolute Gasteiger partial charge is 0.161 e. The summed E-state index contributed by atoms with van der Waals surface area (Å²) in [6, 6.07) is 3.91. The lowest BCUT2D eigenvalue weighted by Gasteiger charge is -2.33. The molecule has 0 saturated carbocycles. The van der Waals surface area contributed by atoms with Crippen LogP contribution in [0.4, 0.5) is 10.1 Å². The van der Waals surface area contributed by atoms with Gasteiger partial charge in [-0.3, -0.25) is 0 Å². The molecule has 21 heavy (non-hydrogen) atoms. The quantitative estimate of drug-likeness (QED) is 0.824. The van der Waals surface area contributed by atoms with Gasteiger partial charge in [0.1, 0.15) is 4.99 Å². The van der Waals surface area contributed by atoms with Crippen molar-refractivity contribution >= 4 is 38.8 Å². The van der Waals surface area contributed by atoms with Crippen LogP contribution in [0.15, 0.2) is 16.6 Å². The van der Waals surface area contributed by atoms with Gasteiger partial charge in [-0.05, 0) is 54.5 Å². The Balaban J connectivity index is 2.40. The zero-order valence-corrected chi connectivity index (χ0v) is 14.8. The molecule has 1 unspecified atom stereocenters.